The highest BCUT2D eigenvalue weighted by Gasteiger charge is 2.10. The zero-order chi connectivity index (χ0) is 12.8. The van der Waals surface area contributed by atoms with E-state index in [0.29, 0.717) is 5.92 Å². The molecule has 0 radical (unpaired) electrons. The molecule has 0 fully saturated rings. The van der Waals surface area contributed by atoms with Crippen LogP contribution in [0, 0.1) is 0 Å². The Morgan fingerprint density at radius 1 is 0.944 bits per heavy atom. The van der Waals surface area contributed by atoms with Crippen molar-refractivity contribution in [3.05, 3.63) is 83.9 Å². The second-order valence-electron chi connectivity index (χ2n) is 4.38. The van der Waals surface area contributed by atoms with E-state index >= 15 is 0 Å². The summed E-state index contributed by atoms with van der Waals surface area (Å²) in [6.45, 7) is 4.02. The van der Waals surface area contributed by atoms with E-state index in [-0.39, 0.29) is 6.61 Å². The fraction of sp³-hybridized carbons (Fsp3) is 0.176. The van der Waals surface area contributed by atoms with Crippen molar-refractivity contribution < 1.29 is 5.11 Å². The highest BCUT2D eigenvalue weighted by atomic mass is 16.3. The standard InChI is InChI=1S/C17H18O/c1-2-14(15-8-4-3-5-9-15)12-16-10-6-7-11-17(16)13-18/h2-11,14,18H,1,12-13H2. The number of aliphatic hydroxyl groups excluding tert-OH is 1. The molecule has 0 saturated carbocycles. The second-order valence-corrected chi connectivity index (χ2v) is 4.38. The van der Waals surface area contributed by atoms with Crippen LogP contribution in [0.1, 0.15) is 22.6 Å². The molecule has 1 nitrogen and oxygen atoms in total. The van der Waals surface area contributed by atoms with Gasteiger partial charge in [-0.1, -0.05) is 60.7 Å². The van der Waals surface area contributed by atoms with Crippen LogP contribution in [0.5, 0.6) is 0 Å². The van der Waals surface area contributed by atoms with Gasteiger partial charge in [-0.15, -0.1) is 6.58 Å². The van der Waals surface area contributed by atoms with Crippen molar-refractivity contribution in [2.75, 3.05) is 0 Å². The molecule has 2 aromatic carbocycles. The van der Waals surface area contributed by atoms with Gasteiger partial charge in [0.25, 0.3) is 0 Å². The van der Waals surface area contributed by atoms with Crippen LogP contribution in [-0.2, 0) is 13.0 Å². The van der Waals surface area contributed by atoms with Crippen LogP contribution in [0.2, 0.25) is 0 Å². The molecule has 1 unspecified atom stereocenters. The van der Waals surface area contributed by atoms with Gasteiger partial charge in [0.15, 0.2) is 0 Å². The summed E-state index contributed by atoms with van der Waals surface area (Å²) in [6.07, 6.45) is 2.85. The molecular weight excluding hydrogens is 220 g/mol. The third-order valence-electron chi connectivity index (χ3n) is 3.24. The lowest BCUT2D eigenvalue weighted by Gasteiger charge is -2.15. The van der Waals surface area contributed by atoms with Crippen LogP contribution in [0.15, 0.2) is 67.3 Å². The highest BCUT2D eigenvalue weighted by Crippen LogP contribution is 2.23. The Labute approximate surface area is 108 Å². The van der Waals surface area contributed by atoms with Gasteiger partial charge in [0.1, 0.15) is 0 Å². The summed E-state index contributed by atoms with van der Waals surface area (Å²) in [5.74, 6) is 0.291. The number of benzene rings is 2. The SMILES string of the molecule is C=CC(Cc1ccccc1CO)c1ccccc1. The van der Waals surface area contributed by atoms with Gasteiger partial charge in [-0.3, -0.25) is 0 Å². The van der Waals surface area contributed by atoms with Gasteiger partial charge in [-0.25, -0.2) is 0 Å². The zero-order valence-electron chi connectivity index (χ0n) is 10.4. The van der Waals surface area contributed by atoms with Crippen molar-refractivity contribution in [2.45, 2.75) is 18.9 Å². The Kier molecular flexibility index (Phi) is 4.32. The number of aliphatic hydroxyl groups is 1. The molecule has 2 aromatic rings. The van der Waals surface area contributed by atoms with Gasteiger partial charge in [0.2, 0.25) is 0 Å². The summed E-state index contributed by atoms with van der Waals surface area (Å²) >= 11 is 0. The van der Waals surface area contributed by atoms with Gasteiger partial charge in [-0.2, -0.15) is 0 Å². The molecule has 0 aliphatic rings. The van der Waals surface area contributed by atoms with E-state index in [1.54, 1.807) is 0 Å². The van der Waals surface area contributed by atoms with Crippen LogP contribution in [0.4, 0.5) is 0 Å². The first-order valence-corrected chi connectivity index (χ1v) is 6.20. The maximum atomic E-state index is 9.35. The van der Waals surface area contributed by atoms with Gasteiger partial charge in [-0.05, 0) is 23.1 Å². The summed E-state index contributed by atoms with van der Waals surface area (Å²) in [4.78, 5) is 0. The lowest BCUT2D eigenvalue weighted by molar-refractivity contribution is 0.280. The van der Waals surface area contributed by atoms with Gasteiger partial charge < -0.3 is 5.11 Å². The number of hydrogen-bond acceptors (Lipinski definition) is 1. The molecule has 0 amide bonds. The predicted octanol–water partition coefficient (Wildman–Crippen LogP) is 3.69. The monoisotopic (exact) mass is 238 g/mol. The minimum atomic E-state index is 0.0921. The first-order chi connectivity index (χ1) is 8.85. The van der Waals surface area contributed by atoms with E-state index in [1.807, 2.05) is 42.5 Å². The van der Waals surface area contributed by atoms with E-state index in [2.05, 4.69) is 24.8 Å². The molecule has 0 bridgehead atoms. The Hall–Kier alpha value is -1.86. The molecule has 0 saturated heterocycles. The summed E-state index contributed by atoms with van der Waals surface area (Å²) < 4.78 is 0. The average Bonchev–Trinajstić information content (AvgIpc) is 2.46. The third-order valence-corrected chi connectivity index (χ3v) is 3.24. The molecule has 92 valence electrons. The molecule has 1 atom stereocenters. The van der Waals surface area contributed by atoms with Crippen molar-refractivity contribution in [1.29, 1.82) is 0 Å². The molecule has 0 aromatic heterocycles. The van der Waals surface area contributed by atoms with Crippen molar-refractivity contribution in [3.8, 4) is 0 Å². The Morgan fingerprint density at radius 2 is 1.56 bits per heavy atom. The lowest BCUT2D eigenvalue weighted by atomic mass is 9.90. The molecule has 2 rings (SSSR count). The van der Waals surface area contributed by atoms with E-state index in [9.17, 15) is 5.11 Å². The summed E-state index contributed by atoms with van der Waals surface area (Å²) in [5, 5.41) is 9.35. The van der Waals surface area contributed by atoms with Crippen molar-refractivity contribution >= 4 is 0 Å². The van der Waals surface area contributed by atoms with E-state index in [4.69, 9.17) is 0 Å². The molecule has 0 aliphatic heterocycles. The van der Waals surface area contributed by atoms with Gasteiger partial charge >= 0.3 is 0 Å². The molecule has 0 spiro atoms. The molecule has 0 aliphatic carbocycles. The van der Waals surface area contributed by atoms with E-state index in [1.165, 1.54) is 11.1 Å². The van der Waals surface area contributed by atoms with Crippen LogP contribution < -0.4 is 0 Å². The van der Waals surface area contributed by atoms with Crippen molar-refractivity contribution in [2.24, 2.45) is 0 Å². The Bertz CT molecular complexity index is 502. The minimum absolute atomic E-state index is 0.0921. The molecule has 0 heterocycles. The maximum absolute atomic E-state index is 9.35. The summed E-state index contributed by atoms with van der Waals surface area (Å²) in [5.41, 5.74) is 3.45. The van der Waals surface area contributed by atoms with Crippen molar-refractivity contribution in [1.82, 2.24) is 0 Å². The Morgan fingerprint density at radius 3 is 2.17 bits per heavy atom. The number of allylic oxidation sites excluding steroid dienone is 1. The average molecular weight is 238 g/mol. The molecule has 18 heavy (non-hydrogen) atoms. The molecule has 1 N–H and O–H groups in total. The first-order valence-electron chi connectivity index (χ1n) is 6.20. The quantitative estimate of drug-likeness (QED) is 0.788. The predicted molar refractivity (Wildman–Crippen MR) is 75.4 cm³/mol. The third kappa shape index (κ3) is 2.88. The second kappa shape index (κ2) is 6.18. The fourth-order valence-electron chi connectivity index (χ4n) is 2.19. The number of rotatable bonds is 5. The minimum Gasteiger partial charge on any atom is -0.392 e. The smallest absolute Gasteiger partial charge is 0.0684 e. The van der Waals surface area contributed by atoms with Gasteiger partial charge in [0.05, 0.1) is 6.61 Å². The van der Waals surface area contributed by atoms with Gasteiger partial charge in [0, 0.05) is 5.92 Å². The van der Waals surface area contributed by atoms with E-state index in [0.717, 1.165) is 12.0 Å². The van der Waals surface area contributed by atoms with E-state index < -0.39 is 0 Å². The maximum Gasteiger partial charge on any atom is 0.0684 e. The van der Waals surface area contributed by atoms with Crippen LogP contribution in [0.25, 0.3) is 0 Å². The van der Waals surface area contributed by atoms with Crippen molar-refractivity contribution in [3.63, 3.8) is 0 Å². The largest absolute Gasteiger partial charge is 0.392 e. The van der Waals surface area contributed by atoms with Crippen LogP contribution in [0.3, 0.4) is 0 Å². The normalized spacial score (nSPS) is 12.1. The lowest BCUT2D eigenvalue weighted by Crippen LogP contribution is -2.02. The summed E-state index contributed by atoms with van der Waals surface area (Å²) in [7, 11) is 0. The fourth-order valence-corrected chi connectivity index (χ4v) is 2.19. The topological polar surface area (TPSA) is 20.2 Å². The van der Waals surface area contributed by atoms with Crippen LogP contribution >= 0.6 is 0 Å². The number of hydrogen-bond donors (Lipinski definition) is 1. The highest BCUT2D eigenvalue weighted by molar-refractivity contribution is 5.32. The molecule has 1 heteroatoms. The van der Waals surface area contributed by atoms with Crippen LogP contribution in [-0.4, -0.2) is 5.11 Å². The molecular formula is C17H18O. The zero-order valence-corrected chi connectivity index (χ0v) is 10.4. The Balaban J connectivity index is 2.23. The summed E-state index contributed by atoms with van der Waals surface area (Å²) in [6, 6.07) is 18.4. The first kappa shape index (κ1) is 12.6.